The van der Waals surface area contributed by atoms with Crippen LogP contribution in [0.15, 0.2) is 48.8 Å². The summed E-state index contributed by atoms with van der Waals surface area (Å²) in [7, 11) is 0. The standard InChI is InChI=1S/C17H18N4O/c1-17(2,3)16-20-14(12-8-5-7-11-21(12)16)15(22)19-13-9-4-6-10-18-13/h4-11H,1-3H3,(H,18,19,22). The fourth-order valence-corrected chi connectivity index (χ4v) is 2.35. The lowest BCUT2D eigenvalue weighted by Crippen LogP contribution is -2.17. The molecule has 3 aromatic rings. The molecule has 5 heteroatoms. The Kier molecular flexibility index (Phi) is 3.41. The monoisotopic (exact) mass is 294 g/mol. The van der Waals surface area contributed by atoms with Crippen molar-refractivity contribution in [2.24, 2.45) is 0 Å². The quantitative estimate of drug-likeness (QED) is 0.789. The number of hydrogen-bond donors (Lipinski definition) is 1. The van der Waals surface area contributed by atoms with Crippen LogP contribution in [0, 0.1) is 0 Å². The molecule has 0 aromatic carbocycles. The van der Waals surface area contributed by atoms with Crippen molar-refractivity contribution in [1.29, 1.82) is 0 Å². The van der Waals surface area contributed by atoms with Crippen molar-refractivity contribution in [3.05, 3.63) is 60.3 Å². The van der Waals surface area contributed by atoms with E-state index < -0.39 is 0 Å². The Hall–Kier alpha value is -2.69. The van der Waals surface area contributed by atoms with Gasteiger partial charge in [0.1, 0.15) is 11.6 Å². The summed E-state index contributed by atoms with van der Waals surface area (Å²) in [6.07, 6.45) is 3.57. The van der Waals surface area contributed by atoms with Crippen LogP contribution in [0.5, 0.6) is 0 Å². The highest BCUT2D eigenvalue weighted by Crippen LogP contribution is 2.24. The number of imidazole rings is 1. The molecule has 5 nitrogen and oxygen atoms in total. The number of nitrogens with one attached hydrogen (secondary N) is 1. The minimum atomic E-state index is -0.252. The van der Waals surface area contributed by atoms with Crippen LogP contribution in [-0.4, -0.2) is 20.3 Å². The molecule has 0 fully saturated rings. The molecule has 0 bridgehead atoms. The van der Waals surface area contributed by atoms with E-state index in [-0.39, 0.29) is 11.3 Å². The summed E-state index contributed by atoms with van der Waals surface area (Å²) < 4.78 is 1.97. The highest BCUT2D eigenvalue weighted by molar-refractivity contribution is 6.07. The Morgan fingerprint density at radius 1 is 1.14 bits per heavy atom. The molecule has 22 heavy (non-hydrogen) atoms. The van der Waals surface area contributed by atoms with Gasteiger partial charge >= 0.3 is 0 Å². The molecule has 0 radical (unpaired) electrons. The summed E-state index contributed by atoms with van der Waals surface area (Å²) in [4.78, 5) is 21.2. The minimum absolute atomic E-state index is 0.159. The third kappa shape index (κ3) is 2.57. The molecule has 0 aliphatic carbocycles. The second-order valence-electron chi connectivity index (χ2n) is 6.16. The molecular weight excluding hydrogens is 276 g/mol. The minimum Gasteiger partial charge on any atom is -0.305 e. The molecule has 0 aliphatic heterocycles. The van der Waals surface area contributed by atoms with Crippen LogP contribution < -0.4 is 5.32 Å². The summed E-state index contributed by atoms with van der Waals surface area (Å²) in [5, 5.41) is 2.79. The average Bonchev–Trinajstić information content (AvgIpc) is 2.88. The van der Waals surface area contributed by atoms with Gasteiger partial charge in [-0.25, -0.2) is 9.97 Å². The first-order valence-electron chi connectivity index (χ1n) is 7.17. The van der Waals surface area contributed by atoms with Gasteiger partial charge in [-0.2, -0.15) is 0 Å². The number of carbonyl (C=O) groups excluding carboxylic acids is 1. The van der Waals surface area contributed by atoms with Crippen molar-refractivity contribution in [1.82, 2.24) is 14.4 Å². The van der Waals surface area contributed by atoms with E-state index in [9.17, 15) is 4.79 Å². The van der Waals surface area contributed by atoms with E-state index in [2.05, 4.69) is 36.1 Å². The fraction of sp³-hybridized carbons (Fsp3) is 0.235. The van der Waals surface area contributed by atoms with Gasteiger partial charge in [0.2, 0.25) is 0 Å². The van der Waals surface area contributed by atoms with E-state index in [1.165, 1.54) is 0 Å². The van der Waals surface area contributed by atoms with Crippen LogP contribution in [0.25, 0.3) is 5.52 Å². The van der Waals surface area contributed by atoms with Gasteiger partial charge in [0.25, 0.3) is 5.91 Å². The molecule has 0 atom stereocenters. The van der Waals surface area contributed by atoms with Crippen molar-refractivity contribution in [3.8, 4) is 0 Å². The Labute approximate surface area is 129 Å². The van der Waals surface area contributed by atoms with Gasteiger partial charge in [-0.1, -0.05) is 32.9 Å². The van der Waals surface area contributed by atoms with Gasteiger partial charge in [-0.15, -0.1) is 0 Å². The number of hydrogen-bond acceptors (Lipinski definition) is 3. The molecule has 3 rings (SSSR count). The molecule has 3 aromatic heterocycles. The van der Waals surface area contributed by atoms with E-state index in [1.54, 1.807) is 18.3 Å². The van der Waals surface area contributed by atoms with Gasteiger partial charge in [-0.05, 0) is 24.3 Å². The second-order valence-corrected chi connectivity index (χ2v) is 6.16. The zero-order chi connectivity index (χ0) is 15.7. The molecule has 0 aliphatic rings. The van der Waals surface area contributed by atoms with Crippen molar-refractivity contribution >= 4 is 17.2 Å². The van der Waals surface area contributed by atoms with Crippen LogP contribution in [0.1, 0.15) is 37.1 Å². The summed E-state index contributed by atoms with van der Waals surface area (Å²) in [5.41, 5.74) is 1.05. The number of carbonyl (C=O) groups is 1. The highest BCUT2D eigenvalue weighted by atomic mass is 16.2. The Morgan fingerprint density at radius 3 is 2.59 bits per heavy atom. The number of anilines is 1. The first kappa shape index (κ1) is 14.3. The largest absolute Gasteiger partial charge is 0.305 e. The Balaban J connectivity index is 2.06. The Morgan fingerprint density at radius 2 is 1.91 bits per heavy atom. The molecular formula is C17H18N4O. The first-order chi connectivity index (χ1) is 10.5. The van der Waals surface area contributed by atoms with Crippen LogP contribution in [0.2, 0.25) is 0 Å². The maximum Gasteiger partial charge on any atom is 0.277 e. The molecule has 1 amide bonds. The zero-order valence-corrected chi connectivity index (χ0v) is 12.9. The highest BCUT2D eigenvalue weighted by Gasteiger charge is 2.25. The van der Waals surface area contributed by atoms with Gasteiger partial charge in [0.05, 0.1) is 5.52 Å². The summed E-state index contributed by atoms with van der Waals surface area (Å²) >= 11 is 0. The van der Waals surface area contributed by atoms with E-state index in [4.69, 9.17) is 0 Å². The summed E-state index contributed by atoms with van der Waals surface area (Å²) in [6, 6.07) is 11.1. The summed E-state index contributed by atoms with van der Waals surface area (Å²) in [5.74, 6) is 1.12. The topological polar surface area (TPSA) is 59.3 Å². The van der Waals surface area contributed by atoms with E-state index in [1.807, 2.05) is 34.9 Å². The van der Waals surface area contributed by atoms with Crippen molar-refractivity contribution in [3.63, 3.8) is 0 Å². The SMILES string of the molecule is CC(C)(C)c1nc(C(=O)Nc2ccccn2)c2ccccn12. The number of aromatic nitrogens is 3. The lowest BCUT2D eigenvalue weighted by Gasteiger charge is -2.16. The van der Waals surface area contributed by atoms with Crippen LogP contribution in [0.3, 0.4) is 0 Å². The summed E-state index contributed by atoms with van der Waals surface area (Å²) in [6.45, 7) is 6.24. The number of fused-ring (bicyclic) bond motifs is 1. The van der Waals surface area contributed by atoms with Gasteiger partial charge in [0.15, 0.2) is 5.69 Å². The van der Waals surface area contributed by atoms with Crippen molar-refractivity contribution < 1.29 is 4.79 Å². The maximum atomic E-state index is 12.5. The third-order valence-electron chi connectivity index (χ3n) is 3.34. The lowest BCUT2D eigenvalue weighted by molar-refractivity contribution is 0.102. The fourth-order valence-electron chi connectivity index (χ4n) is 2.35. The predicted molar refractivity (Wildman–Crippen MR) is 86.1 cm³/mol. The normalized spacial score (nSPS) is 11.6. The van der Waals surface area contributed by atoms with Crippen molar-refractivity contribution in [2.75, 3.05) is 5.32 Å². The third-order valence-corrected chi connectivity index (χ3v) is 3.34. The molecule has 1 N–H and O–H groups in total. The molecule has 0 saturated heterocycles. The average molecular weight is 294 g/mol. The molecule has 3 heterocycles. The van der Waals surface area contributed by atoms with Gasteiger partial charge in [-0.3, -0.25) is 4.79 Å². The number of pyridine rings is 2. The first-order valence-corrected chi connectivity index (χ1v) is 7.17. The number of nitrogens with zero attached hydrogens (tertiary/aromatic N) is 3. The molecule has 0 unspecified atom stereocenters. The Bertz CT molecular complexity index is 816. The number of amides is 1. The van der Waals surface area contributed by atoms with Crippen LogP contribution >= 0.6 is 0 Å². The second kappa shape index (κ2) is 5.26. The number of rotatable bonds is 2. The zero-order valence-electron chi connectivity index (χ0n) is 12.9. The van der Waals surface area contributed by atoms with Crippen molar-refractivity contribution in [2.45, 2.75) is 26.2 Å². The molecule has 112 valence electrons. The van der Waals surface area contributed by atoms with Gasteiger partial charge in [0, 0.05) is 17.8 Å². The van der Waals surface area contributed by atoms with E-state index in [0.717, 1.165) is 11.3 Å². The smallest absolute Gasteiger partial charge is 0.277 e. The van der Waals surface area contributed by atoms with Crippen LogP contribution in [-0.2, 0) is 5.41 Å². The predicted octanol–water partition coefficient (Wildman–Crippen LogP) is 3.28. The van der Waals surface area contributed by atoms with Crippen LogP contribution in [0.4, 0.5) is 5.82 Å². The van der Waals surface area contributed by atoms with E-state index in [0.29, 0.717) is 11.5 Å². The van der Waals surface area contributed by atoms with Gasteiger partial charge < -0.3 is 9.72 Å². The van der Waals surface area contributed by atoms with E-state index >= 15 is 0 Å². The molecule has 0 saturated carbocycles. The lowest BCUT2D eigenvalue weighted by atomic mass is 9.96. The maximum absolute atomic E-state index is 12.5. The molecule has 0 spiro atoms.